The van der Waals surface area contributed by atoms with Gasteiger partial charge < -0.3 is 9.80 Å². The van der Waals surface area contributed by atoms with E-state index in [2.05, 4.69) is 11.0 Å². The number of nitrogens with zero attached hydrogens (tertiary/aromatic N) is 3. The van der Waals surface area contributed by atoms with Gasteiger partial charge in [0.25, 0.3) is 5.69 Å². The number of nitriles is 1. The summed E-state index contributed by atoms with van der Waals surface area (Å²) in [6.45, 7) is 4.37. The van der Waals surface area contributed by atoms with E-state index in [1.54, 1.807) is 6.07 Å². The number of nitrogens with one attached hydrogen (secondary N) is 1. The van der Waals surface area contributed by atoms with E-state index in [0.717, 1.165) is 43.4 Å². The van der Waals surface area contributed by atoms with Gasteiger partial charge in [-0.25, -0.2) is 0 Å². The lowest BCUT2D eigenvalue weighted by atomic mass is 10.1. The monoisotopic (exact) mass is 383 g/mol. The van der Waals surface area contributed by atoms with Crippen LogP contribution in [-0.2, 0) is 6.54 Å². The molecule has 0 bridgehead atoms. The summed E-state index contributed by atoms with van der Waals surface area (Å²) in [4.78, 5) is 14.2. The maximum absolute atomic E-state index is 11.0. The average Bonchev–Trinajstić information content (AvgIpc) is 2.69. The first-order chi connectivity index (χ1) is 13.1. The van der Waals surface area contributed by atoms with Gasteiger partial charge in [-0.3, -0.25) is 10.1 Å². The molecule has 138 valence electrons. The fourth-order valence-electron chi connectivity index (χ4n) is 3.33. The van der Waals surface area contributed by atoms with Gasteiger partial charge in [0.15, 0.2) is 0 Å². The Labute approximate surface area is 163 Å². The Hall–Kier alpha value is -2.88. The van der Waals surface area contributed by atoms with Crippen LogP contribution < -0.4 is 4.90 Å². The molecule has 2 aromatic carbocycles. The van der Waals surface area contributed by atoms with Crippen LogP contribution in [0.2, 0.25) is 5.02 Å². The van der Waals surface area contributed by atoms with Gasteiger partial charge in [0.05, 0.1) is 42.9 Å². The normalized spacial score (nSPS) is 15.4. The maximum Gasteiger partial charge on any atom is 0.270 e. The first-order valence-corrected chi connectivity index (χ1v) is 9.12. The Bertz CT molecular complexity index is 882. The highest BCUT2D eigenvalue weighted by Gasteiger charge is 2.23. The third-order valence-corrected chi connectivity index (χ3v) is 4.98. The zero-order valence-electron chi connectivity index (χ0n) is 14.8. The Morgan fingerprint density at radius 2 is 1.96 bits per heavy atom. The van der Waals surface area contributed by atoms with Crippen LogP contribution in [0.25, 0.3) is 5.70 Å². The number of hydrogen-bond acceptors (Lipinski definition) is 4. The Morgan fingerprint density at radius 1 is 1.26 bits per heavy atom. The van der Waals surface area contributed by atoms with Crippen LogP contribution in [0.4, 0.5) is 5.69 Å². The van der Waals surface area contributed by atoms with E-state index in [1.165, 1.54) is 28.7 Å². The van der Waals surface area contributed by atoms with E-state index in [0.29, 0.717) is 5.56 Å². The second-order valence-electron chi connectivity index (χ2n) is 6.51. The van der Waals surface area contributed by atoms with E-state index in [1.807, 2.05) is 30.3 Å². The summed E-state index contributed by atoms with van der Waals surface area (Å²) < 4.78 is 0. The van der Waals surface area contributed by atoms with Crippen molar-refractivity contribution in [3.63, 3.8) is 0 Å². The van der Waals surface area contributed by atoms with E-state index < -0.39 is 4.92 Å². The van der Waals surface area contributed by atoms with Gasteiger partial charge in [-0.05, 0) is 12.1 Å². The minimum atomic E-state index is -0.415. The summed E-state index contributed by atoms with van der Waals surface area (Å²) >= 11 is 5.94. The SMILES string of the molecule is N#C/C=C(\c1cccc([N+](=O)[O-])c1)N1CC[NH+](Cc2ccc(Cl)cc2)CC1. The zero-order valence-corrected chi connectivity index (χ0v) is 15.5. The summed E-state index contributed by atoms with van der Waals surface area (Å²) in [5.41, 5.74) is 2.72. The molecule has 3 rings (SSSR count). The van der Waals surface area contributed by atoms with E-state index in [4.69, 9.17) is 11.6 Å². The fraction of sp³-hybridized carbons (Fsp3) is 0.250. The summed E-state index contributed by atoms with van der Waals surface area (Å²) in [6, 6.07) is 16.4. The molecule has 1 fully saturated rings. The molecule has 0 atom stereocenters. The molecule has 0 aliphatic carbocycles. The van der Waals surface area contributed by atoms with Crippen LogP contribution in [0.15, 0.2) is 54.6 Å². The van der Waals surface area contributed by atoms with Crippen molar-refractivity contribution in [1.82, 2.24) is 4.90 Å². The van der Waals surface area contributed by atoms with Crippen LogP contribution in [0.1, 0.15) is 11.1 Å². The van der Waals surface area contributed by atoms with Gasteiger partial charge in [0, 0.05) is 34.4 Å². The number of hydrogen-bond donors (Lipinski definition) is 1. The largest absolute Gasteiger partial charge is 0.359 e. The highest BCUT2D eigenvalue weighted by molar-refractivity contribution is 6.30. The topological polar surface area (TPSA) is 74.6 Å². The molecule has 0 radical (unpaired) electrons. The highest BCUT2D eigenvalue weighted by Crippen LogP contribution is 2.23. The molecule has 7 heteroatoms. The van der Waals surface area contributed by atoms with Crippen molar-refractivity contribution in [3.8, 4) is 6.07 Å². The minimum absolute atomic E-state index is 0.0309. The predicted octanol–water partition coefficient (Wildman–Crippen LogP) is 2.51. The van der Waals surface area contributed by atoms with Gasteiger partial charge in [0.1, 0.15) is 6.54 Å². The van der Waals surface area contributed by atoms with Crippen molar-refractivity contribution in [2.24, 2.45) is 0 Å². The van der Waals surface area contributed by atoms with Crippen LogP contribution >= 0.6 is 11.6 Å². The first kappa shape index (κ1) is 18.9. The van der Waals surface area contributed by atoms with Crippen molar-refractivity contribution in [2.75, 3.05) is 26.2 Å². The molecular weight excluding hydrogens is 364 g/mol. The molecule has 2 aromatic rings. The Balaban J connectivity index is 1.68. The summed E-state index contributed by atoms with van der Waals surface area (Å²) in [6.07, 6.45) is 1.48. The highest BCUT2D eigenvalue weighted by atomic mass is 35.5. The molecule has 27 heavy (non-hydrogen) atoms. The lowest BCUT2D eigenvalue weighted by Gasteiger charge is -2.35. The van der Waals surface area contributed by atoms with Crippen molar-refractivity contribution in [3.05, 3.63) is 80.9 Å². The van der Waals surface area contributed by atoms with Gasteiger partial charge in [-0.15, -0.1) is 0 Å². The number of non-ortho nitro benzene ring substituents is 1. The molecule has 1 aliphatic rings. The van der Waals surface area contributed by atoms with Crippen LogP contribution in [0, 0.1) is 21.4 Å². The molecule has 0 amide bonds. The second kappa shape index (κ2) is 8.67. The van der Waals surface area contributed by atoms with Crippen LogP contribution in [-0.4, -0.2) is 36.0 Å². The Morgan fingerprint density at radius 3 is 2.59 bits per heavy atom. The van der Waals surface area contributed by atoms with Crippen LogP contribution in [0.3, 0.4) is 0 Å². The molecule has 0 saturated carbocycles. The zero-order chi connectivity index (χ0) is 19.2. The van der Waals surface area contributed by atoms with Crippen molar-refractivity contribution >= 4 is 23.0 Å². The smallest absolute Gasteiger partial charge is 0.270 e. The summed E-state index contributed by atoms with van der Waals surface area (Å²) in [5, 5.41) is 21.0. The molecule has 1 heterocycles. The number of piperazine rings is 1. The lowest BCUT2D eigenvalue weighted by molar-refractivity contribution is -0.917. The molecule has 6 nitrogen and oxygen atoms in total. The molecule has 0 unspecified atom stereocenters. The number of halogens is 1. The Kier molecular flexibility index (Phi) is 6.07. The van der Waals surface area contributed by atoms with Crippen molar-refractivity contribution in [1.29, 1.82) is 5.26 Å². The third-order valence-electron chi connectivity index (χ3n) is 4.73. The van der Waals surface area contributed by atoms with Gasteiger partial charge in [-0.1, -0.05) is 35.9 Å². The predicted molar refractivity (Wildman–Crippen MR) is 104 cm³/mol. The minimum Gasteiger partial charge on any atom is -0.359 e. The summed E-state index contributed by atoms with van der Waals surface area (Å²) in [7, 11) is 0. The molecule has 0 spiro atoms. The average molecular weight is 384 g/mol. The van der Waals surface area contributed by atoms with Gasteiger partial charge in [0.2, 0.25) is 0 Å². The van der Waals surface area contributed by atoms with E-state index >= 15 is 0 Å². The second-order valence-corrected chi connectivity index (χ2v) is 6.94. The van der Waals surface area contributed by atoms with Gasteiger partial charge in [-0.2, -0.15) is 5.26 Å². The molecule has 0 aromatic heterocycles. The number of nitro groups is 1. The maximum atomic E-state index is 11.0. The van der Waals surface area contributed by atoms with E-state index in [-0.39, 0.29) is 5.69 Å². The van der Waals surface area contributed by atoms with E-state index in [9.17, 15) is 15.4 Å². The molecule has 1 saturated heterocycles. The number of rotatable bonds is 5. The van der Waals surface area contributed by atoms with Gasteiger partial charge >= 0.3 is 0 Å². The number of quaternary nitrogens is 1. The first-order valence-electron chi connectivity index (χ1n) is 8.74. The molecular formula is C20H20ClN4O2+. The molecule has 1 N–H and O–H groups in total. The molecule has 1 aliphatic heterocycles. The summed E-state index contributed by atoms with van der Waals surface area (Å²) in [5.74, 6) is 0. The number of benzene rings is 2. The standard InChI is InChI=1S/C20H19ClN4O2/c21-18-6-4-16(5-7-18)15-23-10-12-24(13-11-23)20(8-9-22)17-2-1-3-19(14-17)25(26)27/h1-8,14H,10-13,15H2/p+1/b20-8+. The fourth-order valence-corrected chi connectivity index (χ4v) is 3.45. The third kappa shape index (κ3) is 4.85. The number of allylic oxidation sites excluding steroid dienone is 1. The lowest BCUT2D eigenvalue weighted by Crippen LogP contribution is -3.13. The van der Waals surface area contributed by atoms with Crippen LogP contribution in [0.5, 0.6) is 0 Å². The van der Waals surface area contributed by atoms with Crippen molar-refractivity contribution < 1.29 is 9.82 Å². The quantitative estimate of drug-likeness (QED) is 0.489. The van der Waals surface area contributed by atoms with Crippen molar-refractivity contribution in [2.45, 2.75) is 6.54 Å². The number of nitro benzene ring substituents is 1.